The molecule has 0 saturated heterocycles. The van der Waals surface area contributed by atoms with E-state index in [-0.39, 0.29) is 5.56 Å². The second-order valence-electron chi connectivity index (χ2n) is 3.47. The molecule has 1 aromatic heterocycles. The molecule has 2 N–H and O–H groups in total. The van der Waals surface area contributed by atoms with Crippen LogP contribution < -0.4 is 5.32 Å². The van der Waals surface area contributed by atoms with Crippen LogP contribution in [0.15, 0.2) is 43.0 Å². The van der Waals surface area contributed by atoms with Crippen molar-refractivity contribution in [3.05, 3.63) is 54.1 Å². The third kappa shape index (κ3) is 2.67. The fourth-order valence-corrected chi connectivity index (χ4v) is 1.35. The summed E-state index contributed by atoms with van der Waals surface area (Å²) in [5, 5.41) is 11.4. The highest BCUT2D eigenvalue weighted by Crippen LogP contribution is 2.11. The predicted molar refractivity (Wildman–Crippen MR) is 63.4 cm³/mol. The molecule has 0 saturated carbocycles. The first-order valence-corrected chi connectivity index (χ1v) is 5.06. The zero-order valence-electron chi connectivity index (χ0n) is 9.20. The average Bonchev–Trinajstić information content (AvgIpc) is 2.40. The van der Waals surface area contributed by atoms with Crippen molar-refractivity contribution >= 4 is 17.6 Å². The SMILES string of the molecule is O=C(O)c1cccc(NC(=O)c2cncnc2)c1. The number of carboxylic acids is 1. The van der Waals surface area contributed by atoms with E-state index in [1.807, 2.05) is 0 Å². The van der Waals surface area contributed by atoms with Crippen molar-refractivity contribution in [3.63, 3.8) is 0 Å². The molecule has 0 fully saturated rings. The fourth-order valence-electron chi connectivity index (χ4n) is 1.35. The van der Waals surface area contributed by atoms with E-state index in [0.29, 0.717) is 11.3 Å². The summed E-state index contributed by atoms with van der Waals surface area (Å²) in [5.74, 6) is -1.44. The van der Waals surface area contributed by atoms with Crippen LogP contribution in [0.1, 0.15) is 20.7 Å². The number of carbonyl (C=O) groups excluding carboxylic acids is 1. The number of nitrogens with zero attached hydrogens (tertiary/aromatic N) is 2. The lowest BCUT2D eigenvalue weighted by atomic mass is 10.2. The number of anilines is 1. The molecule has 18 heavy (non-hydrogen) atoms. The van der Waals surface area contributed by atoms with Gasteiger partial charge in [0.25, 0.3) is 5.91 Å². The standard InChI is InChI=1S/C12H9N3O3/c16-11(9-5-13-7-14-6-9)15-10-3-1-2-8(4-10)12(17)18/h1-7H,(H,15,16)(H,17,18). The number of nitrogens with one attached hydrogen (secondary N) is 1. The van der Waals surface area contributed by atoms with Crippen LogP contribution in [-0.2, 0) is 0 Å². The van der Waals surface area contributed by atoms with Crippen molar-refractivity contribution in [2.75, 3.05) is 5.32 Å². The van der Waals surface area contributed by atoms with E-state index in [1.165, 1.54) is 30.9 Å². The number of hydrogen-bond acceptors (Lipinski definition) is 4. The Kier molecular flexibility index (Phi) is 3.29. The molecule has 0 aliphatic heterocycles. The molecule has 0 bridgehead atoms. The summed E-state index contributed by atoms with van der Waals surface area (Å²) < 4.78 is 0. The van der Waals surface area contributed by atoms with E-state index < -0.39 is 11.9 Å². The number of aromatic carboxylic acids is 1. The number of carbonyl (C=O) groups is 2. The zero-order valence-corrected chi connectivity index (χ0v) is 9.20. The Hall–Kier alpha value is -2.76. The van der Waals surface area contributed by atoms with Gasteiger partial charge in [0.1, 0.15) is 6.33 Å². The second-order valence-corrected chi connectivity index (χ2v) is 3.47. The zero-order chi connectivity index (χ0) is 13.0. The van der Waals surface area contributed by atoms with E-state index in [2.05, 4.69) is 15.3 Å². The lowest BCUT2D eigenvalue weighted by Crippen LogP contribution is -2.12. The summed E-state index contributed by atoms with van der Waals surface area (Å²) in [4.78, 5) is 30.0. The molecule has 0 atom stereocenters. The fraction of sp³-hybridized carbons (Fsp3) is 0. The van der Waals surface area contributed by atoms with Crippen LogP contribution in [0.3, 0.4) is 0 Å². The third-order valence-corrected chi connectivity index (χ3v) is 2.19. The van der Waals surface area contributed by atoms with Gasteiger partial charge < -0.3 is 10.4 Å². The van der Waals surface area contributed by atoms with Gasteiger partial charge in [0, 0.05) is 18.1 Å². The maximum absolute atomic E-state index is 11.8. The van der Waals surface area contributed by atoms with Crippen LogP contribution in [0.4, 0.5) is 5.69 Å². The first-order valence-electron chi connectivity index (χ1n) is 5.06. The van der Waals surface area contributed by atoms with Crippen LogP contribution >= 0.6 is 0 Å². The smallest absolute Gasteiger partial charge is 0.335 e. The van der Waals surface area contributed by atoms with Crippen molar-refractivity contribution in [2.24, 2.45) is 0 Å². The highest BCUT2D eigenvalue weighted by Gasteiger charge is 2.08. The number of amides is 1. The quantitative estimate of drug-likeness (QED) is 0.850. The maximum atomic E-state index is 11.8. The van der Waals surface area contributed by atoms with E-state index >= 15 is 0 Å². The molecular formula is C12H9N3O3. The summed E-state index contributed by atoms with van der Waals surface area (Å²) in [6.45, 7) is 0. The third-order valence-electron chi connectivity index (χ3n) is 2.19. The molecule has 0 aliphatic carbocycles. The molecule has 6 heteroatoms. The van der Waals surface area contributed by atoms with E-state index in [1.54, 1.807) is 12.1 Å². The minimum absolute atomic E-state index is 0.108. The van der Waals surface area contributed by atoms with Crippen molar-refractivity contribution in [2.45, 2.75) is 0 Å². The van der Waals surface area contributed by atoms with Crippen molar-refractivity contribution in [1.29, 1.82) is 0 Å². The molecule has 0 aliphatic rings. The Morgan fingerprint density at radius 1 is 1.11 bits per heavy atom. The van der Waals surface area contributed by atoms with Crippen LogP contribution in [0, 0.1) is 0 Å². The minimum Gasteiger partial charge on any atom is -0.478 e. The summed E-state index contributed by atoms with van der Waals surface area (Å²) in [6, 6.07) is 5.99. The molecule has 0 spiro atoms. The molecular weight excluding hydrogens is 234 g/mol. The molecule has 0 radical (unpaired) electrons. The van der Waals surface area contributed by atoms with Gasteiger partial charge in [-0.1, -0.05) is 6.07 Å². The van der Waals surface area contributed by atoms with Crippen molar-refractivity contribution in [1.82, 2.24) is 9.97 Å². The number of benzene rings is 1. The molecule has 1 heterocycles. The van der Waals surface area contributed by atoms with Gasteiger partial charge in [-0.25, -0.2) is 14.8 Å². The van der Waals surface area contributed by atoms with Crippen LogP contribution in [-0.4, -0.2) is 27.0 Å². The van der Waals surface area contributed by atoms with Gasteiger partial charge in [-0.05, 0) is 18.2 Å². The van der Waals surface area contributed by atoms with Gasteiger partial charge in [0.15, 0.2) is 0 Å². The topological polar surface area (TPSA) is 92.2 Å². The second kappa shape index (κ2) is 5.05. The van der Waals surface area contributed by atoms with Crippen LogP contribution in [0.25, 0.3) is 0 Å². The van der Waals surface area contributed by atoms with Crippen LogP contribution in [0.5, 0.6) is 0 Å². The Morgan fingerprint density at radius 3 is 2.50 bits per heavy atom. The lowest BCUT2D eigenvalue weighted by Gasteiger charge is -2.05. The van der Waals surface area contributed by atoms with E-state index in [9.17, 15) is 9.59 Å². The largest absolute Gasteiger partial charge is 0.478 e. The van der Waals surface area contributed by atoms with Gasteiger partial charge in [0.05, 0.1) is 11.1 Å². The molecule has 2 rings (SSSR count). The monoisotopic (exact) mass is 243 g/mol. The lowest BCUT2D eigenvalue weighted by molar-refractivity contribution is 0.0696. The predicted octanol–water partition coefficient (Wildman–Crippen LogP) is 1.43. The first-order chi connectivity index (χ1) is 8.66. The maximum Gasteiger partial charge on any atom is 0.335 e. The van der Waals surface area contributed by atoms with E-state index in [4.69, 9.17) is 5.11 Å². The van der Waals surface area contributed by atoms with Gasteiger partial charge in [-0.15, -0.1) is 0 Å². The minimum atomic E-state index is -1.05. The van der Waals surface area contributed by atoms with Gasteiger partial charge in [-0.2, -0.15) is 0 Å². The van der Waals surface area contributed by atoms with Gasteiger partial charge >= 0.3 is 5.97 Å². The number of carboxylic acid groups (broad SMARTS) is 1. The number of rotatable bonds is 3. The Labute approximate surface area is 102 Å². The number of hydrogen-bond donors (Lipinski definition) is 2. The van der Waals surface area contributed by atoms with Gasteiger partial charge in [-0.3, -0.25) is 4.79 Å². The average molecular weight is 243 g/mol. The summed E-state index contributed by atoms with van der Waals surface area (Å²) >= 11 is 0. The molecule has 90 valence electrons. The number of aromatic nitrogens is 2. The molecule has 2 aromatic rings. The Balaban J connectivity index is 2.17. The molecule has 0 unspecified atom stereocenters. The van der Waals surface area contributed by atoms with Gasteiger partial charge in [0.2, 0.25) is 0 Å². The highest BCUT2D eigenvalue weighted by molar-refractivity contribution is 6.04. The Bertz CT molecular complexity index is 584. The van der Waals surface area contributed by atoms with Crippen LogP contribution in [0.2, 0.25) is 0 Å². The summed E-state index contributed by atoms with van der Waals surface area (Å²) in [7, 11) is 0. The first kappa shape index (κ1) is 11.7. The van der Waals surface area contributed by atoms with Crippen molar-refractivity contribution in [3.8, 4) is 0 Å². The van der Waals surface area contributed by atoms with E-state index in [0.717, 1.165) is 0 Å². The molecule has 1 aromatic carbocycles. The molecule has 1 amide bonds. The Morgan fingerprint density at radius 2 is 1.83 bits per heavy atom. The highest BCUT2D eigenvalue weighted by atomic mass is 16.4. The molecule has 6 nitrogen and oxygen atoms in total. The van der Waals surface area contributed by atoms with Crippen molar-refractivity contribution < 1.29 is 14.7 Å². The normalized spacial score (nSPS) is 9.78. The summed E-state index contributed by atoms with van der Waals surface area (Å²) in [5.41, 5.74) is 0.819. The summed E-state index contributed by atoms with van der Waals surface area (Å²) in [6.07, 6.45) is 4.08.